The summed E-state index contributed by atoms with van der Waals surface area (Å²) < 4.78 is 9.37. The van der Waals surface area contributed by atoms with Crippen molar-refractivity contribution in [3.8, 4) is 11.5 Å². The number of hydrogen-bond acceptors (Lipinski definition) is 16. The lowest BCUT2D eigenvalue weighted by molar-refractivity contribution is -0.143. The highest BCUT2D eigenvalue weighted by atomic mass is 16.5. The van der Waals surface area contributed by atoms with Crippen LogP contribution < -0.4 is 32.3 Å². The number of nitrogens with zero attached hydrogens (tertiary/aromatic N) is 5. The van der Waals surface area contributed by atoms with Crippen LogP contribution in [0.1, 0.15) is 67.5 Å². The van der Waals surface area contributed by atoms with Gasteiger partial charge in [0, 0.05) is 33.7 Å². The fraction of sp³-hybridized carbons (Fsp3) is 0.419. The Morgan fingerprint density at radius 2 is 1.06 bits per heavy atom. The number of carbonyl (C=O) groups is 5. The van der Waals surface area contributed by atoms with Crippen LogP contribution in [0.3, 0.4) is 0 Å². The molecule has 340 valence electrons. The number of esters is 2. The Bertz CT molecular complexity index is 2160. The highest BCUT2D eigenvalue weighted by Gasteiger charge is 2.26. The largest absolute Gasteiger partial charge is 0.508 e. The first-order valence-corrected chi connectivity index (χ1v) is 20.1. The van der Waals surface area contributed by atoms with Gasteiger partial charge in [-0.1, -0.05) is 24.3 Å². The van der Waals surface area contributed by atoms with E-state index in [4.69, 9.17) is 10.5 Å². The van der Waals surface area contributed by atoms with Crippen LogP contribution in [0.15, 0.2) is 48.5 Å². The minimum atomic E-state index is -1.07. The number of amides is 4. The highest BCUT2D eigenvalue weighted by molar-refractivity contribution is 5.99. The molecular formula is C43H59N11O9. The van der Waals surface area contributed by atoms with Crippen molar-refractivity contribution in [1.82, 2.24) is 40.8 Å². The number of methoxy groups -OCH3 is 2. The fourth-order valence-corrected chi connectivity index (χ4v) is 6.16. The van der Waals surface area contributed by atoms with Crippen molar-refractivity contribution in [3.05, 3.63) is 93.6 Å². The molecule has 20 nitrogen and oxygen atoms in total. The van der Waals surface area contributed by atoms with Crippen LogP contribution in [0.4, 0.5) is 16.7 Å². The molecule has 0 saturated carbocycles. The van der Waals surface area contributed by atoms with Crippen LogP contribution in [-0.2, 0) is 31.9 Å². The molecule has 2 aromatic heterocycles. The van der Waals surface area contributed by atoms with Crippen LogP contribution in [0.25, 0.3) is 0 Å². The Labute approximate surface area is 366 Å². The third-order valence-electron chi connectivity index (χ3n) is 9.35. The zero-order chi connectivity index (χ0) is 46.6. The number of anilines is 2. The van der Waals surface area contributed by atoms with Crippen molar-refractivity contribution < 1.29 is 43.7 Å². The molecule has 0 fully saturated rings. The third kappa shape index (κ3) is 16.0. The molecule has 63 heavy (non-hydrogen) atoms. The van der Waals surface area contributed by atoms with E-state index < -0.39 is 41.9 Å². The number of urea groups is 1. The molecule has 4 rings (SSSR count). The summed E-state index contributed by atoms with van der Waals surface area (Å²) in [4.78, 5) is 79.7. The van der Waals surface area contributed by atoms with E-state index >= 15 is 0 Å². The van der Waals surface area contributed by atoms with E-state index in [2.05, 4.69) is 51.3 Å². The first kappa shape index (κ1) is 50.3. The van der Waals surface area contributed by atoms with Crippen molar-refractivity contribution in [2.24, 2.45) is 5.73 Å². The summed E-state index contributed by atoms with van der Waals surface area (Å²) in [5.74, 6) is -1.00. The van der Waals surface area contributed by atoms with E-state index in [0.29, 0.717) is 53.3 Å². The van der Waals surface area contributed by atoms with Crippen molar-refractivity contribution in [1.29, 1.82) is 0 Å². The van der Waals surface area contributed by atoms with E-state index in [9.17, 15) is 34.2 Å². The molecule has 0 unspecified atom stereocenters. The zero-order valence-corrected chi connectivity index (χ0v) is 37.0. The maximum absolute atomic E-state index is 12.9. The summed E-state index contributed by atoms with van der Waals surface area (Å²) in [6, 6.07) is 11.9. The molecule has 0 spiro atoms. The summed E-state index contributed by atoms with van der Waals surface area (Å²) >= 11 is 0. The SMILES string of the molecule is COC(=O)[C@H](CN)NC(=O)c1c(C)nc(NCCCc2cccc(O)c2)nc1C.COC(=O)[C@H](CNC(=O)N(C)C)NC(=O)c1c(C)nc(NCCCc2cccc(O)c2)nc1C. The van der Waals surface area contributed by atoms with Gasteiger partial charge in [-0.2, -0.15) is 0 Å². The van der Waals surface area contributed by atoms with Gasteiger partial charge in [-0.15, -0.1) is 0 Å². The zero-order valence-electron chi connectivity index (χ0n) is 37.0. The smallest absolute Gasteiger partial charge is 0.330 e. The molecule has 4 aromatic rings. The molecule has 0 bridgehead atoms. The lowest BCUT2D eigenvalue weighted by Gasteiger charge is -2.20. The van der Waals surface area contributed by atoms with Crippen LogP contribution in [-0.4, -0.2) is 131 Å². The molecular weight excluding hydrogens is 815 g/mol. The van der Waals surface area contributed by atoms with Gasteiger partial charge in [0.25, 0.3) is 11.8 Å². The summed E-state index contributed by atoms with van der Waals surface area (Å²) in [6.45, 7) is 7.82. The molecule has 2 heterocycles. The Morgan fingerprint density at radius 1 is 0.667 bits per heavy atom. The van der Waals surface area contributed by atoms with E-state index in [0.717, 1.165) is 36.8 Å². The number of benzene rings is 2. The van der Waals surface area contributed by atoms with Gasteiger partial charge >= 0.3 is 18.0 Å². The number of hydrogen-bond donors (Lipinski definition) is 8. The summed E-state index contributed by atoms with van der Waals surface area (Å²) in [5, 5.41) is 33.0. The molecule has 2 atom stereocenters. The van der Waals surface area contributed by atoms with E-state index in [1.54, 1.807) is 72.1 Å². The monoisotopic (exact) mass is 873 g/mol. The summed E-state index contributed by atoms with van der Waals surface area (Å²) in [5.41, 5.74) is 10.0. The second-order valence-corrected chi connectivity index (χ2v) is 14.5. The van der Waals surface area contributed by atoms with Crippen molar-refractivity contribution in [2.45, 2.75) is 65.5 Å². The van der Waals surface area contributed by atoms with Gasteiger partial charge in [0.1, 0.15) is 23.6 Å². The highest BCUT2D eigenvalue weighted by Crippen LogP contribution is 2.17. The van der Waals surface area contributed by atoms with Gasteiger partial charge in [-0.25, -0.2) is 34.3 Å². The topological polar surface area (TPSA) is 285 Å². The van der Waals surface area contributed by atoms with E-state index in [-0.39, 0.29) is 30.2 Å². The second kappa shape index (κ2) is 25.0. The average Bonchev–Trinajstić information content (AvgIpc) is 3.23. The number of phenols is 2. The molecule has 9 N–H and O–H groups in total. The second-order valence-electron chi connectivity index (χ2n) is 14.5. The fourth-order valence-electron chi connectivity index (χ4n) is 6.16. The first-order chi connectivity index (χ1) is 30.0. The number of phenolic OH excluding ortho intramolecular Hbond substituents is 2. The lowest BCUT2D eigenvalue weighted by Crippen LogP contribution is -2.50. The van der Waals surface area contributed by atoms with Crippen LogP contribution in [0, 0.1) is 27.7 Å². The van der Waals surface area contributed by atoms with Gasteiger partial charge in [-0.3, -0.25) is 9.59 Å². The summed E-state index contributed by atoms with van der Waals surface area (Å²) in [7, 11) is 5.56. The Hall–Kier alpha value is -7.09. The normalized spacial score (nSPS) is 11.4. The van der Waals surface area contributed by atoms with Gasteiger partial charge in [-0.05, 0) is 88.8 Å². The third-order valence-corrected chi connectivity index (χ3v) is 9.35. The van der Waals surface area contributed by atoms with Gasteiger partial charge in [0.2, 0.25) is 11.9 Å². The predicted octanol–water partition coefficient (Wildman–Crippen LogP) is 2.46. The minimum Gasteiger partial charge on any atom is -0.508 e. The van der Waals surface area contributed by atoms with Crippen molar-refractivity contribution in [3.63, 3.8) is 0 Å². The molecule has 4 amide bonds. The Kier molecular flexibility index (Phi) is 19.9. The molecule has 20 heteroatoms. The average molecular weight is 874 g/mol. The molecule has 0 radical (unpaired) electrons. The van der Waals surface area contributed by atoms with E-state index in [1.165, 1.54) is 19.1 Å². The lowest BCUT2D eigenvalue weighted by atomic mass is 10.1. The standard InChI is InChI=1S/C23H32N6O5.C20H27N5O4/c1-14-19(20(31)28-18(21(32)34-5)13-25-23(33)29(3)4)15(2)27-22(26-14)24-11-7-9-16-8-6-10-17(30)12-16;1-12-17(18(27)25-16(11-21)19(28)29-3)13(2)24-20(23-12)22-9-5-7-14-6-4-8-15(26)10-14/h6,8,10,12,18,30H,7,9,11,13H2,1-5H3,(H,25,33)(H,28,31)(H,24,26,27);4,6,8,10,16,26H,5,7,9,11,21H2,1-3H3,(H,25,27)(H,22,23,24)/t18-;16-/m00/s1. The van der Waals surface area contributed by atoms with Gasteiger partial charge in [0.15, 0.2) is 0 Å². The van der Waals surface area contributed by atoms with Crippen molar-refractivity contribution >= 4 is 41.7 Å². The minimum absolute atomic E-state index is 0.0732. The maximum Gasteiger partial charge on any atom is 0.330 e. The van der Waals surface area contributed by atoms with Crippen molar-refractivity contribution in [2.75, 3.05) is 65.1 Å². The summed E-state index contributed by atoms with van der Waals surface area (Å²) in [6.07, 6.45) is 3.20. The Morgan fingerprint density at radius 3 is 1.43 bits per heavy atom. The number of aromatic hydroxyl groups is 2. The number of carbonyl (C=O) groups excluding carboxylic acids is 5. The number of nitrogens with one attached hydrogen (secondary N) is 5. The van der Waals surface area contributed by atoms with Crippen LogP contribution in [0.5, 0.6) is 11.5 Å². The molecule has 0 aliphatic carbocycles. The number of aromatic nitrogens is 4. The number of nitrogens with two attached hydrogens (primary N) is 1. The molecule has 0 saturated heterocycles. The number of ether oxygens (including phenoxy) is 2. The molecule has 0 aliphatic rings. The van der Waals surface area contributed by atoms with Crippen LogP contribution >= 0.6 is 0 Å². The predicted molar refractivity (Wildman–Crippen MR) is 236 cm³/mol. The van der Waals surface area contributed by atoms with Crippen LogP contribution in [0.2, 0.25) is 0 Å². The quantitative estimate of drug-likeness (QED) is 0.0496. The molecule has 2 aromatic carbocycles. The Balaban J connectivity index is 0.000000340. The molecule has 0 aliphatic heterocycles. The maximum atomic E-state index is 12.9. The number of aryl methyl sites for hydroxylation is 6. The van der Waals surface area contributed by atoms with E-state index in [1.807, 2.05) is 18.2 Å². The van der Waals surface area contributed by atoms with Gasteiger partial charge < -0.3 is 56.9 Å². The number of rotatable bonds is 19. The van der Waals surface area contributed by atoms with Gasteiger partial charge in [0.05, 0.1) is 54.7 Å². The first-order valence-electron chi connectivity index (χ1n) is 20.1.